The van der Waals surface area contributed by atoms with Crippen molar-refractivity contribution in [3.63, 3.8) is 0 Å². The normalized spacial score (nSPS) is 9.07. The lowest BCUT2D eigenvalue weighted by atomic mass is 10.4. The van der Waals surface area contributed by atoms with E-state index in [-0.39, 0.29) is 0 Å². The number of hydrogen-bond acceptors (Lipinski definition) is 2. The van der Waals surface area contributed by atoms with Gasteiger partial charge in [-0.1, -0.05) is 39.2 Å². The predicted octanol–water partition coefficient (Wildman–Crippen LogP) is 3.32. The van der Waals surface area contributed by atoms with E-state index in [2.05, 4.69) is 13.2 Å². The molecule has 0 rings (SSSR count). The summed E-state index contributed by atoms with van der Waals surface area (Å²) in [5, 5.41) is 0. The molecule has 0 N–H and O–H groups in total. The van der Waals surface area contributed by atoms with Gasteiger partial charge in [0.2, 0.25) is 0 Å². The van der Waals surface area contributed by atoms with Crippen LogP contribution in [0.3, 0.4) is 0 Å². The van der Waals surface area contributed by atoms with E-state index in [1.54, 1.807) is 25.3 Å². The Hall–Kier alpha value is -1.02. The highest BCUT2D eigenvalue weighted by Crippen LogP contribution is 1.96. The summed E-state index contributed by atoms with van der Waals surface area (Å²) in [4.78, 5) is 0. The molecule has 0 aliphatic rings. The molecule has 2 heteroatoms. The SMILES string of the molecule is C=C/C=C\C(=C)OCCCOC.CC. The largest absolute Gasteiger partial charge is 0.494 e. The van der Waals surface area contributed by atoms with Gasteiger partial charge >= 0.3 is 0 Å². The van der Waals surface area contributed by atoms with Crippen LogP contribution in [0.2, 0.25) is 0 Å². The topological polar surface area (TPSA) is 18.5 Å². The maximum atomic E-state index is 5.24. The summed E-state index contributed by atoms with van der Waals surface area (Å²) < 4.78 is 10.1. The second kappa shape index (κ2) is 14.5. The summed E-state index contributed by atoms with van der Waals surface area (Å²) in [6.45, 7) is 12.6. The Labute approximate surface area is 87.9 Å². The van der Waals surface area contributed by atoms with Crippen molar-refractivity contribution in [3.8, 4) is 0 Å². The van der Waals surface area contributed by atoms with Crippen molar-refractivity contribution in [2.24, 2.45) is 0 Å². The Morgan fingerprint density at radius 3 is 2.43 bits per heavy atom. The lowest BCUT2D eigenvalue weighted by Crippen LogP contribution is -1.97. The quantitative estimate of drug-likeness (QED) is 0.355. The van der Waals surface area contributed by atoms with Crippen molar-refractivity contribution in [1.29, 1.82) is 0 Å². The van der Waals surface area contributed by atoms with Crippen molar-refractivity contribution in [2.75, 3.05) is 20.3 Å². The first-order chi connectivity index (χ1) is 6.81. The van der Waals surface area contributed by atoms with Crippen molar-refractivity contribution < 1.29 is 9.47 Å². The summed E-state index contributed by atoms with van der Waals surface area (Å²) in [6, 6.07) is 0. The number of methoxy groups -OCH3 is 1. The van der Waals surface area contributed by atoms with Gasteiger partial charge in [-0.15, -0.1) is 0 Å². The Morgan fingerprint density at radius 1 is 1.29 bits per heavy atom. The van der Waals surface area contributed by atoms with Crippen LogP contribution in [0.25, 0.3) is 0 Å². The second-order valence-corrected chi connectivity index (χ2v) is 2.26. The molecule has 0 amide bonds. The summed E-state index contributed by atoms with van der Waals surface area (Å²) in [7, 11) is 1.67. The molecule has 0 aromatic rings. The number of rotatable bonds is 7. The molecule has 0 radical (unpaired) electrons. The third-order valence-corrected chi connectivity index (χ3v) is 1.20. The third kappa shape index (κ3) is 13.6. The molecule has 0 bridgehead atoms. The lowest BCUT2D eigenvalue weighted by Gasteiger charge is -2.03. The summed E-state index contributed by atoms with van der Waals surface area (Å²) in [5.41, 5.74) is 0. The van der Waals surface area contributed by atoms with E-state index < -0.39 is 0 Å². The Kier molecular flexibility index (Phi) is 16.0. The molecule has 0 saturated heterocycles. The molecule has 0 unspecified atom stereocenters. The zero-order valence-electron chi connectivity index (χ0n) is 9.58. The minimum absolute atomic E-state index is 0.647. The predicted molar refractivity (Wildman–Crippen MR) is 62.3 cm³/mol. The zero-order valence-corrected chi connectivity index (χ0v) is 9.58. The van der Waals surface area contributed by atoms with Crippen LogP contribution in [-0.2, 0) is 9.47 Å². The fraction of sp³-hybridized carbons (Fsp3) is 0.500. The Bertz CT molecular complexity index is 160. The minimum Gasteiger partial charge on any atom is -0.494 e. The average Bonchev–Trinajstić information content (AvgIpc) is 2.24. The van der Waals surface area contributed by atoms with Gasteiger partial charge < -0.3 is 9.47 Å². The zero-order chi connectivity index (χ0) is 11.2. The number of allylic oxidation sites excluding steroid dienone is 3. The van der Waals surface area contributed by atoms with Crippen LogP contribution in [0.1, 0.15) is 20.3 Å². The van der Waals surface area contributed by atoms with Crippen LogP contribution in [0.4, 0.5) is 0 Å². The molecular weight excluding hydrogens is 176 g/mol. The highest BCUT2D eigenvalue weighted by molar-refractivity contribution is 5.12. The van der Waals surface area contributed by atoms with Crippen LogP contribution in [-0.4, -0.2) is 20.3 Å². The average molecular weight is 198 g/mol. The fourth-order valence-electron chi connectivity index (χ4n) is 0.630. The molecule has 0 heterocycles. The van der Waals surface area contributed by atoms with Crippen LogP contribution in [0, 0.1) is 0 Å². The number of ether oxygens (including phenoxy) is 2. The van der Waals surface area contributed by atoms with Crippen molar-refractivity contribution in [1.82, 2.24) is 0 Å². The van der Waals surface area contributed by atoms with E-state index in [1.807, 2.05) is 13.8 Å². The molecule has 0 atom stereocenters. The van der Waals surface area contributed by atoms with E-state index >= 15 is 0 Å². The fourth-order valence-corrected chi connectivity index (χ4v) is 0.630. The van der Waals surface area contributed by atoms with Crippen molar-refractivity contribution in [3.05, 3.63) is 37.1 Å². The summed E-state index contributed by atoms with van der Waals surface area (Å²) in [6.07, 6.45) is 6.14. The van der Waals surface area contributed by atoms with Gasteiger partial charge in [0.05, 0.1) is 6.61 Å². The first-order valence-electron chi connectivity index (χ1n) is 4.91. The van der Waals surface area contributed by atoms with Gasteiger partial charge in [0.1, 0.15) is 5.76 Å². The summed E-state index contributed by atoms with van der Waals surface area (Å²) >= 11 is 0. The van der Waals surface area contributed by atoms with Gasteiger partial charge in [-0.05, 0) is 6.08 Å². The third-order valence-electron chi connectivity index (χ3n) is 1.20. The maximum Gasteiger partial charge on any atom is 0.112 e. The molecule has 0 aliphatic carbocycles. The van der Waals surface area contributed by atoms with E-state index in [0.29, 0.717) is 12.4 Å². The molecule has 0 fully saturated rings. The van der Waals surface area contributed by atoms with Crippen LogP contribution in [0.5, 0.6) is 0 Å². The van der Waals surface area contributed by atoms with Gasteiger partial charge in [-0.25, -0.2) is 0 Å². The molecule has 0 aliphatic heterocycles. The van der Waals surface area contributed by atoms with E-state index in [4.69, 9.17) is 9.47 Å². The minimum atomic E-state index is 0.647. The van der Waals surface area contributed by atoms with Crippen LogP contribution >= 0.6 is 0 Å². The standard InChI is InChI=1S/C10H16O2.C2H6/c1-4-5-7-10(2)12-9-6-8-11-3;1-2/h4-5,7H,1-2,6,8-9H2,3H3;1-2H3/b7-5-;. The van der Waals surface area contributed by atoms with E-state index in [0.717, 1.165) is 13.0 Å². The second-order valence-electron chi connectivity index (χ2n) is 2.26. The molecule has 2 nitrogen and oxygen atoms in total. The highest BCUT2D eigenvalue weighted by Gasteiger charge is 1.88. The molecule has 82 valence electrons. The van der Waals surface area contributed by atoms with Crippen LogP contribution < -0.4 is 0 Å². The molecule has 0 aromatic heterocycles. The van der Waals surface area contributed by atoms with E-state index in [9.17, 15) is 0 Å². The highest BCUT2D eigenvalue weighted by atomic mass is 16.5. The van der Waals surface area contributed by atoms with Crippen molar-refractivity contribution >= 4 is 0 Å². The van der Waals surface area contributed by atoms with Gasteiger partial charge in [0.15, 0.2) is 0 Å². The molecule has 14 heavy (non-hydrogen) atoms. The van der Waals surface area contributed by atoms with Gasteiger partial charge in [0, 0.05) is 20.1 Å². The molecule has 0 aromatic carbocycles. The van der Waals surface area contributed by atoms with E-state index in [1.165, 1.54) is 0 Å². The smallest absolute Gasteiger partial charge is 0.112 e. The molecule has 0 saturated carbocycles. The van der Waals surface area contributed by atoms with Gasteiger partial charge in [-0.2, -0.15) is 0 Å². The monoisotopic (exact) mass is 198 g/mol. The van der Waals surface area contributed by atoms with Gasteiger partial charge in [0.25, 0.3) is 0 Å². The lowest BCUT2D eigenvalue weighted by molar-refractivity contribution is 0.150. The first-order valence-corrected chi connectivity index (χ1v) is 4.91. The van der Waals surface area contributed by atoms with Crippen molar-refractivity contribution in [2.45, 2.75) is 20.3 Å². The Balaban J connectivity index is 0. The number of hydrogen-bond donors (Lipinski definition) is 0. The summed E-state index contributed by atoms with van der Waals surface area (Å²) in [5.74, 6) is 0.658. The molecular formula is C12H22O2. The molecule has 0 spiro atoms. The maximum absolute atomic E-state index is 5.24. The Morgan fingerprint density at radius 2 is 1.93 bits per heavy atom. The first kappa shape index (κ1) is 15.5. The van der Waals surface area contributed by atoms with Crippen LogP contribution in [0.15, 0.2) is 37.1 Å². The van der Waals surface area contributed by atoms with Gasteiger partial charge in [-0.3, -0.25) is 0 Å².